The van der Waals surface area contributed by atoms with E-state index >= 15 is 0 Å². The second-order valence-electron chi connectivity index (χ2n) is 5.48. The molecule has 2 rings (SSSR count). The number of carbonyl (C=O) groups is 1. The molecule has 0 radical (unpaired) electrons. The molecule has 5 nitrogen and oxygen atoms in total. The van der Waals surface area contributed by atoms with Gasteiger partial charge < -0.3 is 19.7 Å². The zero-order chi connectivity index (χ0) is 14.8. The number of benzene rings is 1. The number of carboxylic acid groups (broad SMARTS) is 1. The Balaban J connectivity index is 1.98. The molecule has 0 amide bonds. The highest BCUT2D eigenvalue weighted by Crippen LogP contribution is 2.41. The van der Waals surface area contributed by atoms with E-state index in [1.165, 1.54) is 12.1 Å². The predicted molar refractivity (Wildman–Crippen MR) is 73.2 cm³/mol. The fraction of sp³-hybridized carbons (Fsp3) is 0.533. The Morgan fingerprint density at radius 2 is 2.05 bits per heavy atom. The Bertz CT molecular complexity index is 499. The maximum atomic E-state index is 10.9. The van der Waals surface area contributed by atoms with Crippen molar-refractivity contribution < 1.29 is 24.5 Å². The lowest BCUT2D eigenvalue weighted by molar-refractivity contribution is -0.0703. The van der Waals surface area contributed by atoms with E-state index in [9.17, 15) is 4.79 Å². The van der Waals surface area contributed by atoms with E-state index in [2.05, 4.69) is 0 Å². The summed E-state index contributed by atoms with van der Waals surface area (Å²) in [5.41, 5.74) is 0.186. The van der Waals surface area contributed by atoms with Crippen LogP contribution in [-0.4, -0.2) is 28.6 Å². The van der Waals surface area contributed by atoms with Gasteiger partial charge in [0.1, 0.15) is 0 Å². The maximum Gasteiger partial charge on any atom is 0.335 e. The Hall–Kier alpha value is -1.75. The average molecular weight is 280 g/mol. The van der Waals surface area contributed by atoms with Crippen LogP contribution in [0.3, 0.4) is 0 Å². The summed E-state index contributed by atoms with van der Waals surface area (Å²) in [6, 6.07) is 4.61. The molecule has 1 aliphatic rings. The average Bonchev–Trinajstić information content (AvgIpc) is 2.73. The molecule has 0 aliphatic carbocycles. The van der Waals surface area contributed by atoms with Crippen molar-refractivity contribution >= 4 is 5.97 Å². The molecule has 0 aromatic heterocycles. The molecule has 0 bridgehead atoms. The molecule has 110 valence electrons. The standard InChI is InChI=1S/C15H20O5/c1-10(9-16)4-3-7-15(2)19-12-6-5-11(14(17)18)8-13(12)20-15/h5-6,8,10,16H,3-4,7,9H2,1-2H3,(H,17,18). The number of rotatable bonds is 6. The lowest BCUT2D eigenvalue weighted by Gasteiger charge is -2.23. The number of ether oxygens (including phenoxy) is 2. The van der Waals surface area contributed by atoms with Crippen LogP contribution in [0.4, 0.5) is 0 Å². The van der Waals surface area contributed by atoms with Crippen molar-refractivity contribution in [3.8, 4) is 11.5 Å². The van der Waals surface area contributed by atoms with Gasteiger partial charge in [0.15, 0.2) is 11.5 Å². The van der Waals surface area contributed by atoms with Gasteiger partial charge in [-0.3, -0.25) is 0 Å². The summed E-state index contributed by atoms with van der Waals surface area (Å²) in [6.07, 6.45) is 2.46. The number of aromatic carboxylic acids is 1. The summed E-state index contributed by atoms with van der Waals surface area (Å²) in [6.45, 7) is 4.02. The summed E-state index contributed by atoms with van der Waals surface area (Å²) in [7, 11) is 0. The van der Waals surface area contributed by atoms with E-state index in [0.717, 1.165) is 12.8 Å². The largest absolute Gasteiger partial charge is 0.478 e. The van der Waals surface area contributed by atoms with Gasteiger partial charge in [-0.25, -0.2) is 4.79 Å². The summed E-state index contributed by atoms with van der Waals surface area (Å²) >= 11 is 0. The summed E-state index contributed by atoms with van der Waals surface area (Å²) in [5.74, 6) is -0.424. The number of carboxylic acids is 1. The first-order chi connectivity index (χ1) is 9.43. The molecule has 0 fully saturated rings. The molecule has 1 aromatic rings. The van der Waals surface area contributed by atoms with Gasteiger partial charge in [0.25, 0.3) is 0 Å². The zero-order valence-corrected chi connectivity index (χ0v) is 11.8. The molecule has 1 aromatic carbocycles. The topological polar surface area (TPSA) is 76.0 Å². The van der Waals surface area contributed by atoms with E-state index < -0.39 is 11.8 Å². The minimum atomic E-state index is -0.984. The van der Waals surface area contributed by atoms with Gasteiger partial charge in [-0.05, 0) is 37.0 Å². The maximum absolute atomic E-state index is 10.9. The van der Waals surface area contributed by atoms with Gasteiger partial charge in [0.05, 0.1) is 5.56 Å². The van der Waals surface area contributed by atoms with Crippen LogP contribution in [-0.2, 0) is 0 Å². The molecule has 2 atom stereocenters. The van der Waals surface area contributed by atoms with E-state index in [1.54, 1.807) is 6.07 Å². The first kappa shape index (κ1) is 14.7. The summed E-state index contributed by atoms with van der Waals surface area (Å²) in [4.78, 5) is 10.9. The van der Waals surface area contributed by atoms with Crippen LogP contribution in [0.1, 0.15) is 43.5 Å². The van der Waals surface area contributed by atoms with Crippen molar-refractivity contribution in [2.45, 2.75) is 38.9 Å². The monoisotopic (exact) mass is 280 g/mol. The predicted octanol–water partition coefficient (Wildman–Crippen LogP) is 2.67. The van der Waals surface area contributed by atoms with Crippen LogP contribution >= 0.6 is 0 Å². The van der Waals surface area contributed by atoms with Crippen molar-refractivity contribution in [3.05, 3.63) is 23.8 Å². The van der Waals surface area contributed by atoms with Crippen LogP contribution in [0.25, 0.3) is 0 Å². The number of aliphatic hydroxyl groups is 1. The normalized spacial score (nSPS) is 21.8. The molecular formula is C15H20O5. The minimum Gasteiger partial charge on any atom is -0.478 e. The molecular weight excluding hydrogens is 260 g/mol. The van der Waals surface area contributed by atoms with Crippen molar-refractivity contribution in [1.29, 1.82) is 0 Å². The van der Waals surface area contributed by atoms with Crippen molar-refractivity contribution in [1.82, 2.24) is 0 Å². The molecule has 2 N–H and O–H groups in total. The van der Waals surface area contributed by atoms with Gasteiger partial charge in [-0.15, -0.1) is 0 Å². The van der Waals surface area contributed by atoms with Gasteiger partial charge in [0.2, 0.25) is 5.79 Å². The second kappa shape index (κ2) is 5.71. The van der Waals surface area contributed by atoms with Crippen LogP contribution < -0.4 is 9.47 Å². The SMILES string of the molecule is CC(CO)CCCC1(C)Oc2ccc(C(=O)O)cc2O1. The summed E-state index contributed by atoms with van der Waals surface area (Å²) in [5, 5.41) is 18.0. The number of hydrogen-bond donors (Lipinski definition) is 2. The van der Waals surface area contributed by atoms with Crippen LogP contribution in [0.5, 0.6) is 11.5 Å². The van der Waals surface area contributed by atoms with Crippen LogP contribution in [0.15, 0.2) is 18.2 Å². The lowest BCUT2D eigenvalue weighted by atomic mass is 10.0. The van der Waals surface area contributed by atoms with E-state index in [4.69, 9.17) is 19.7 Å². The molecule has 1 heterocycles. The second-order valence-corrected chi connectivity index (χ2v) is 5.48. The van der Waals surface area contributed by atoms with E-state index in [0.29, 0.717) is 17.9 Å². The van der Waals surface area contributed by atoms with Crippen molar-refractivity contribution in [2.75, 3.05) is 6.61 Å². The smallest absolute Gasteiger partial charge is 0.335 e. The van der Waals surface area contributed by atoms with Crippen molar-refractivity contribution in [3.63, 3.8) is 0 Å². The molecule has 2 unspecified atom stereocenters. The van der Waals surface area contributed by atoms with Gasteiger partial charge in [-0.2, -0.15) is 0 Å². The van der Waals surface area contributed by atoms with Gasteiger partial charge >= 0.3 is 5.97 Å². The van der Waals surface area contributed by atoms with Crippen LogP contribution in [0, 0.1) is 5.92 Å². The summed E-state index contributed by atoms with van der Waals surface area (Å²) < 4.78 is 11.5. The van der Waals surface area contributed by atoms with Gasteiger partial charge in [-0.1, -0.05) is 6.92 Å². The third kappa shape index (κ3) is 3.22. The fourth-order valence-electron chi connectivity index (χ4n) is 2.26. The third-order valence-corrected chi connectivity index (χ3v) is 3.48. The highest BCUT2D eigenvalue weighted by molar-refractivity contribution is 5.88. The zero-order valence-electron chi connectivity index (χ0n) is 11.8. The fourth-order valence-corrected chi connectivity index (χ4v) is 2.26. The molecule has 0 spiro atoms. The molecule has 5 heteroatoms. The van der Waals surface area contributed by atoms with Crippen LogP contribution in [0.2, 0.25) is 0 Å². The van der Waals surface area contributed by atoms with Crippen molar-refractivity contribution in [2.24, 2.45) is 5.92 Å². The molecule has 0 saturated heterocycles. The Morgan fingerprint density at radius 1 is 1.35 bits per heavy atom. The molecule has 1 aliphatic heterocycles. The quantitative estimate of drug-likeness (QED) is 0.837. The van der Waals surface area contributed by atoms with Gasteiger partial charge in [0, 0.05) is 20.0 Å². The first-order valence-electron chi connectivity index (χ1n) is 6.80. The Kier molecular flexibility index (Phi) is 4.18. The third-order valence-electron chi connectivity index (χ3n) is 3.48. The number of fused-ring (bicyclic) bond motifs is 1. The molecule has 20 heavy (non-hydrogen) atoms. The van der Waals surface area contributed by atoms with E-state index in [-0.39, 0.29) is 18.1 Å². The highest BCUT2D eigenvalue weighted by atomic mass is 16.7. The minimum absolute atomic E-state index is 0.181. The van der Waals surface area contributed by atoms with E-state index in [1.807, 2.05) is 13.8 Å². The number of hydrogen-bond acceptors (Lipinski definition) is 4. The first-order valence-corrected chi connectivity index (χ1v) is 6.80. The Morgan fingerprint density at radius 3 is 2.70 bits per heavy atom. The Labute approximate surface area is 118 Å². The highest BCUT2D eigenvalue weighted by Gasteiger charge is 2.36. The lowest BCUT2D eigenvalue weighted by Crippen LogP contribution is -2.34. The molecule has 0 saturated carbocycles. The number of aliphatic hydroxyl groups excluding tert-OH is 1.